The van der Waals surface area contributed by atoms with Crippen LogP contribution in [0, 0.1) is 0 Å². The van der Waals surface area contributed by atoms with Crippen molar-refractivity contribution in [1.29, 1.82) is 0 Å². The third kappa shape index (κ3) is 4.29. The first-order valence-corrected chi connectivity index (χ1v) is 11.7. The number of hydrogen-bond donors (Lipinski definition) is 2. The Balaban J connectivity index is 1.21. The van der Waals surface area contributed by atoms with Gasteiger partial charge in [-0.2, -0.15) is 0 Å². The number of nitrogens with one attached hydrogen (secondary N) is 2. The van der Waals surface area contributed by atoms with Crippen molar-refractivity contribution in [3.8, 4) is 11.5 Å². The average Bonchev–Trinajstić information content (AvgIpc) is 3.41. The van der Waals surface area contributed by atoms with E-state index in [1.54, 1.807) is 19.1 Å². The van der Waals surface area contributed by atoms with Gasteiger partial charge in [0.25, 0.3) is 5.91 Å². The number of nitrogens with zero attached hydrogens (tertiary/aromatic N) is 2. The van der Waals surface area contributed by atoms with Crippen LogP contribution in [0.15, 0.2) is 42.6 Å². The number of carbonyl (C=O) groups is 3. The molecule has 5 rings (SSSR count). The Bertz CT molecular complexity index is 1300. The standard InChI is InChI=1S/C26H28N4O5/c1-34-22-11-16-7-9-29(15-18(16)12-23(22)35-2)24(31)13-21-25(32)30(26(33)28-21)10-8-17-14-27-20-6-4-3-5-19(17)20/h3-6,11-12,14,21,27H,7-10,13,15H2,1-2H3,(H,28,33)/t21-/m0/s1. The third-order valence-electron chi connectivity index (χ3n) is 6.84. The van der Waals surface area contributed by atoms with E-state index < -0.39 is 12.1 Å². The van der Waals surface area contributed by atoms with Gasteiger partial charge in [-0.05, 0) is 47.7 Å². The lowest BCUT2D eigenvalue weighted by atomic mass is 9.98. The van der Waals surface area contributed by atoms with E-state index in [1.807, 2.05) is 42.6 Å². The zero-order valence-corrected chi connectivity index (χ0v) is 19.8. The second-order valence-corrected chi connectivity index (χ2v) is 8.85. The predicted octanol–water partition coefficient (Wildman–Crippen LogP) is 2.62. The van der Waals surface area contributed by atoms with Crippen LogP contribution in [-0.4, -0.2) is 66.0 Å². The SMILES string of the molecule is COc1cc2c(cc1OC)CN(C(=O)C[C@@H]1NC(=O)N(CCc3c[nH]c4ccccc34)C1=O)CC2. The van der Waals surface area contributed by atoms with Crippen molar-refractivity contribution >= 4 is 28.7 Å². The summed E-state index contributed by atoms with van der Waals surface area (Å²) < 4.78 is 10.8. The maximum Gasteiger partial charge on any atom is 0.324 e. The summed E-state index contributed by atoms with van der Waals surface area (Å²) in [5.41, 5.74) is 4.16. The lowest BCUT2D eigenvalue weighted by molar-refractivity contribution is -0.136. The molecular formula is C26H28N4O5. The molecule has 9 nitrogen and oxygen atoms in total. The normalized spacial score (nSPS) is 17.5. The van der Waals surface area contributed by atoms with E-state index in [9.17, 15) is 14.4 Å². The number of fused-ring (bicyclic) bond motifs is 2. The van der Waals surface area contributed by atoms with E-state index >= 15 is 0 Å². The van der Waals surface area contributed by atoms with Crippen molar-refractivity contribution in [2.45, 2.75) is 31.8 Å². The molecule has 1 atom stereocenters. The molecule has 9 heteroatoms. The van der Waals surface area contributed by atoms with Crippen LogP contribution >= 0.6 is 0 Å². The number of H-pyrrole nitrogens is 1. The van der Waals surface area contributed by atoms with Crippen LogP contribution in [0.3, 0.4) is 0 Å². The van der Waals surface area contributed by atoms with Gasteiger partial charge in [0.15, 0.2) is 11.5 Å². The average molecular weight is 477 g/mol. The summed E-state index contributed by atoms with van der Waals surface area (Å²) in [7, 11) is 3.17. The summed E-state index contributed by atoms with van der Waals surface area (Å²) in [6, 6.07) is 10.5. The monoisotopic (exact) mass is 476 g/mol. The number of ether oxygens (including phenoxy) is 2. The molecule has 3 heterocycles. The van der Waals surface area contributed by atoms with Gasteiger partial charge in [0.1, 0.15) is 6.04 Å². The predicted molar refractivity (Wildman–Crippen MR) is 129 cm³/mol. The van der Waals surface area contributed by atoms with Gasteiger partial charge < -0.3 is 24.7 Å². The van der Waals surface area contributed by atoms with Crippen LogP contribution in [0.2, 0.25) is 0 Å². The number of hydrogen-bond acceptors (Lipinski definition) is 5. The second kappa shape index (κ2) is 9.32. The number of imide groups is 1. The van der Waals surface area contributed by atoms with Gasteiger partial charge in [-0.15, -0.1) is 0 Å². The van der Waals surface area contributed by atoms with E-state index in [0.29, 0.717) is 37.4 Å². The highest BCUT2D eigenvalue weighted by molar-refractivity contribution is 6.05. The van der Waals surface area contributed by atoms with E-state index in [1.165, 1.54) is 4.90 Å². The Kier molecular flexibility index (Phi) is 6.07. The highest BCUT2D eigenvalue weighted by atomic mass is 16.5. The molecule has 0 saturated carbocycles. The first-order chi connectivity index (χ1) is 17.0. The van der Waals surface area contributed by atoms with Gasteiger partial charge in [0.05, 0.1) is 20.6 Å². The number of aromatic nitrogens is 1. The Morgan fingerprint density at radius 2 is 1.83 bits per heavy atom. The molecule has 2 aromatic carbocycles. The van der Waals surface area contributed by atoms with Gasteiger partial charge in [0.2, 0.25) is 5.91 Å². The number of carbonyl (C=O) groups excluding carboxylic acids is 3. The summed E-state index contributed by atoms with van der Waals surface area (Å²) >= 11 is 0. The number of benzene rings is 2. The maximum absolute atomic E-state index is 13.0. The molecule has 2 aliphatic rings. The van der Waals surface area contributed by atoms with Crippen LogP contribution in [0.4, 0.5) is 4.79 Å². The van der Waals surface area contributed by atoms with E-state index in [-0.39, 0.29) is 24.8 Å². The summed E-state index contributed by atoms with van der Waals surface area (Å²) in [5.74, 6) is 0.761. The van der Waals surface area contributed by atoms with Crippen LogP contribution in [-0.2, 0) is 29.0 Å². The summed E-state index contributed by atoms with van der Waals surface area (Å²) in [6.45, 7) is 1.23. The van der Waals surface area contributed by atoms with Crippen LogP contribution in [0.25, 0.3) is 10.9 Å². The summed E-state index contributed by atoms with van der Waals surface area (Å²) in [4.78, 5) is 44.6. The van der Waals surface area contributed by atoms with Crippen molar-refractivity contribution in [3.05, 3.63) is 59.3 Å². The fraction of sp³-hybridized carbons (Fsp3) is 0.346. The molecule has 2 N–H and O–H groups in total. The lowest BCUT2D eigenvalue weighted by Crippen LogP contribution is -2.41. The molecule has 182 valence electrons. The number of aromatic amines is 1. The molecular weight excluding hydrogens is 448 g/mol. The van der Waals surface area contributed by atoms with Gasteiger partial charge in [-0.1, -0.05) is 18.2 Å². The smallest absolute Gasteiger partial charge is 0.324 e. The van der Waals surface area contributed by atoms with Crippen LogP contribution in [0.1, 0.15) is 23.1 Å². The van der Waals surface area contributed by atoms with Gasteiger partial charge in [-0.3, -0.25) is 14.5 Å². The Labute approximate surface area is 203 Å². The number of rotatable bonds is 7. The minimum Gasteiger partial charge on any atom is -0.493 e. The maximum atomic E-state index is 13.0. The fourth-order valence-corrected chi connectivity index (χ4v) is 4.90. The highest BCUT2D eigenvalue weighted by Gasteiger charge is 2.39. The van der Waals surface area contributed by atoms with Crippen molar-refractivity contribution < 1.29 is 23.9 Å². The highest BCUT2D eigenvalue weighted by Crippen LogP contribution is 2.33. The molecule has 0 spiro atoms. The molecule has 0 bridgehead atoms. The van der Waals surface area contributed by atoms with E-state index in [0.717, 1.165) is 27.6 Å². The number of methoxy groups -OCH3 is 2. The zero-order chi connectivity index (χ0) is 24.5. The Morgan fingerprint density at radius 1 is 1.09 bits per heavy atom. The molecule has 0 unspecified atom stereocenters. The van der Waals surface area contributed by atoms with Gasteiger partial charge >= 0.3 is 6.03 Å². The topological polar surface area (TPSA) is 104 Å². The molecule has 2 aliphatic heterocycles. The third-order valence-corrected chi connectivity index (χ3v) is 6.84. The van der Waals surface area contributed by atoms with E-state index in [2.05, 4.69) is 10.3 Å². The summed E-state index contributed by atoms with van der Waals surface area (Å²) in [5, 5.41) is 3.76. The lowest BCUT2D eigenvalue weighted by Gasteiger charge is -2.30. The Hall–Kier alpha value is -4.01. The van der Waals surface area contributed by atoms with Crippen LogP contribution in [0.5, 0.6) is 11.5 Å². The number of amides is 4. The number of urea groups is 1. The first kappa shape index (κ1) is 22.8. The van der Waals surface area contributed by atoms with Gasteiger partial charge in [-0.25, -0.2) is 4.79 Å². The molecule has 1 saturated heterocycles. The molecule has 0 aliphatic carbocycles. The largest absolute Gasteiger partial charge is 0.493 e. The van der Waals surface area contributed by atoms with Crippen molar-refractivity contribution in [2.75, 3.05) is 27.3 Å². The molecule has 3 aromatic rings. The van der Waals surface area contributed by atoms with Crippen molar-refractivity contribution in [1.82, 2.24) is 20.1 Å². The molecule has 0 radical (unpaired) electrons. The summed E-state index contributed by atoms with van der Waals surface area (Å²) in [6.07, 6.45) is 3.07. The van der Waals surface area contributed by atoms with Crippen molar-refractivity contribution in [3.63, 3.8) is 0 Å². The van der Waals surface area contributed by atoms with Gasteiger partial charge in [0, 0.05) is 36.7 Å². The zero-order valence-electron chi connectivity index (χ0n) is 19.8. The van der Waals surface area contributed by atoms with E-state index in [4.69, 9.17) is 9.47 Å². The molecule has 1 fully saturated rings. The number of para-hydroxylation sites is 1. The molecule has 1 aromatic heterocycles. The first-order valence-electron chi connectivity index (χ1n) is 11.7. The fourth-order valence-electron chi connectivity index (χ4n) is 4.90. The Morgan fingerprint density at radius 3 is 2.60 bits per heavy atom. The quantitative estimate of drug-likeness (QED) is 0.510. The molecule has 4 amide bonds. The minimum atomic E-state index is -0.843. The minimum absolute atomic E-state index is 0.0587. The molecule has 35 heavy (non-hydrogen) atoms. The van der Waals surface area contributed by atoms with Crippen molar-refractivity contribution in [2.24, 2.45) is 0 Å². The second-order valence-electron chi connectivity index (χ2n) is 8.85. The van der Waals surface area contributed by atoms with Crippen LogP contribution < -0.4 is 14.8 Å².